The third-order valence-electron chi connectivity index (χ3n) is 3.84. The number of aliphatic hydroxyl groups is 1. The van der Waals surface area contributed by atoms with Crippen molar-refractivity contribution in [1.82, 2.24) is 9.97 Å². The van der Waals surface area contributed by atoms with E-state index in [4.69, 9.17) is 5.11 Å². The van der Waals surface area contributed by atoms with Crippen molar-refractivity contribution in [3.8, 4) is 0 Å². The van der Waals surface area contributed by atoms with Crippen LogP contribution >= 0.6 is 0 Å². The average Bonchev–Trinajstić information content (AvgIpc) is 2.52. The zero-order chi connectivity index (χ0) is 14.7. The van der Waals surface area contributed by atoms with Crippen molar-refractivity contribution in [2.24, 2.45) is 0 Å². The van der Waals surface area contributed by atoms with E-state index in [9.17, 15) is 0 Å². The number of hydrogen-bond donors (Lipinski definition) is 2. The molecule has 0 saturated carbocycles. The zero-order valence-electron chi connectivity index (χ0n) is 12.2. The summed E-state index contributed by atoms with van der Waals surface area (Å²) in [6.07, 6.45) is 2.79. The Morgan fingerprint density at radius 3 is 2.90 bits per heavy atom. The molecule has 2 aromatic rings. The maximum absolute atomic E-state index is 8.87. The first-order valence-electron chi connectivity index (χ1n) is 7.29. The van der Waals surface area contributed by atoms with Gasteiger partial charge in [0, 0.05) is 25.3 Å². The molecule has 1 aromatic carbocycles. The smallest absolute Gasteiger partial charge is 0.224 e. The van der Waals surface area contributed by atoms with E-state index in [1.54, 1.807) is 6.20 Å². The van der Waals surface area contributed by atoms with Gasteiger partial charge < -0.3 is 15.3 Å². The first kappa shape index (κ1) is 13.8. The molecule has 0 saturated heterocycles. The van der Waals surface area contributed by atoms with Crippen LogP contribution in [0, 0.1) is 0 Å². The minimum atomic E-state index is 0.0705. The van der Waals surface area contributed by atoms with Gasteiger partial charge in [-0.15, -0.1) is 0 Å². The van der Waals surface area contributed by atoms with Gasteiger partial charge in [-0.1, -0.05) is 24.3 Å². The number of nitrogens with one attached hydrogen (secondary N) is 1. The molecular formula is C16H20N4O. The largest absolute Gasteiger partial charge is 0.395 e. The number of aliphatic hydroxyl groups excluding tert-OH is 1. The van der Waals surface area contributed by atoms with E-state index < -0.39 is 0 Å². The summed E-state index contributed by atoms with van der Waals surface area (Å²) in [5.41, 5.74) is 2.79. The van der Waals surface area contributed by atoms with Crippen LogP contribution in [0.15, 0.2) is 36.5 Å². The molecule has 1 aromatic heterocycles. The lowest BCUT2D eigenvalue weighted by Gasteiger charge is -2.35. The Kier molecular flexibility index (Phi) is 4.01. The topological polar surface area (TPSA) is 61.3 Å². The second-order valence-corrected chi connectivity index (χ2v) is 5.34. The highest BCUT2D eigenvalue weighted by molar-refractivity contribution is 5.47. The van der Waals surface area contributed by atoms with Gasteiger partial charge in [-0.2, -0.15) is 4.98 Å². The molecule has 21 heavy (non-hydrogen) atoms. The number of rotatable bonds is 4. The van der Waals surface area contributed by atoms with Gasteiger partial charge in [0.15, 0.2) is 0 Å². The van der Waals surface area contributed by atoms with Gasteiger partial charge in [-0.3, -0.25) is 0 Å². The van der Waals surface area contributed by atoms with Crippen LogP contribution in [0.2, 0.25) is 0 Å². The van der Waals surface area contributed by atoms with E-state index in [1.807, 2.05) is 6.07 Å². The minimum absolute atomic E-state index is 0.0705. The molecule has 2 heterocycles. The molecule has 1 atom stereocenters. The van der Waals surface area contributed by atoms with Crippen LogP contribution in [-0.2, 0) is 13.0 Å². The Labute approximate surface area is 124 Å². The lowest BCUT2D eigenvalue weighted by Crippen LogP contribution is -2.39. The number of hydrogen-bond acceptors (Lipinski definition) is 5. The molecule has 0 amide bonds. The summed E-state index contributed by atoms with van der Waals surface area (Å²) in [7, 11) is 0. The van der Waals surface area contributed by atoms with Crippen LogP contribution in [0.25, 0.3) is 0 Å². The Morgan fingerprint density at radius 1 is 1.29 bits per heavy atom. The van der Waals surface area contributed by atoms with Crippen LogP contribution < -0.4 is 10.2 Å². The highest BCUT2D eigenvalue weighted by atomic mass is 16.3. The van der Waals surface area contributed by atoms with Crippen molar-refractivity contribution in [1.29, 1.82) is 0 Å². The maximum atomic E-state index is 8.87. The molecule has 1 aliphatic rings. The fourth-order valence-electron chi connectivity index (χ4n) is 2.75. The normalized spacial score (nSPS) is 17.4. The summed E-state index contributed by atoms with van der Waals surface area (Å²) < 4.78 is 0. The first-order chi connectivity index (χ1) is 10.3. The number of benzene rings is 1. The summed E-state index contributed by atoms with van der Waals surface area (Å²) in [4.78, 5) is 11.0. The molecule has 2 N–H and O–H groups in total. The van der Waals surface area contributed by atoms with Crippen molar-refractivity contribution < 1.29 is 5.11 Å². The van der Waals surface area contributed by atoms with E-state index in [0.29, 0.717) is 18.5 Å². The van der Waals surface area contributed by atoms with Gasteiger partial charge in [0.2, 0.25) is 5.95 Å². The van der Waals surface area contributed by atoms with Gasteiger partial charge in [0.05, 0.1) is 6.61 Å². The van der Waals surface area contributed by atoms with Crippen LogP contribution in [0.5, 0.6) is 0 Å². The highest BCUT2D eigenvalue weighted by Crippen LogP contribution is 2.27. The molecule has 0 unspecified atom stereocenters. The van der Waals surface area contributed by atoms with Gasteiger partial charge in [-0.05, 0) is 30.5 Å². The number of nitrogens with zero attached hydrogens (tertiary/aromatic N) is 3. The summed E-state index contributed by atoms with van der Waals surface area (Å²) in [6.45, 7) is 3.62. The fraction of sp³-hybridized carbons (Fsp3) is 0.375. The minimum Gasteiger partial charge on any atom is -0.395 e. The molecule has 0 spiro atoms. The standard InChI is InChI=1S/C16H20N4O/c1-12-10-13-4-2-3-5-14(13)11-20(12)15-6-7-17-16(19-15)18-8-9-21/h2-7,12,21H,8-11H2,1H3,(H,17,18,19)/t12-/m1/s1. The maximum Gasteiger partial charge on any atom is 0.224 e. The first-order valence-corrected chi connectivity index (χ1v) is 7.29. The molecule has 3 rings (SSSR count). The molecule has 0 aliphatic carbocycles. The van der Waals surface area contributed by atoms with Crippen molar-refractivity contribution in [2.75, 3.05) is 23.4 Å². The molecular weight excluding hydrogens is 264 g/mol. The van der Waals surface area contributed by atoms with E-state index in [-0.39, 0.29) is 6.61 Å². The molecule has 110 valence electrons. The molecule has 5 nitrogen and oxygen atoms in total. The monoisotopic (exact) mass is 284 g/mol. The predicted octanol–water partition coefficient (Wildman–Crippen LogP) is 1.83. The second-order valence-electron chi connectivity index (χ2n) is 5.34. The van der Waals surface area contributed by atoms with Gasteiger partial charge in [0.1, 0.15) is 5.82 Å². The van der Waals surface area contributed by atoms with E-state index in [1.165, 1.54) is 11.1 Å². The number of aromatic nitrogens is 2. The summed E-state index contributed by atoms with van der Waals surface area (Å²) >= 11 is 0. The van der Waals surface area contributed by atoms with Crippen LogP contribution in [0.1, 0.15) is 18.1 Å². The summed E-state index contributed by atoms with van der Waals surface area (Å²) in [5.74, 6) is 1.49. The molecule has 0 radical (unpaired) electrons. The lowest BCUT2D eigenvalue weighted by molar-refractivity contribution is 0.311. The van der Waals surface area contributed by atoms with E-state index in [0.717, 1.165) is 18.8 Å². The Balaban J connectivity index is 1.84. The zero-order valence-corrected chi connectivity index (χ0v) is 12.2. The third kappa shape index (κ3) is 2.97. The third-order valence-corrected chi connectivity index (χ3v) is 3.84. The summed E-state index contributed by atoms with van der Waals surface area (Å²) in [5, 5.41) is 11.9. The molecule has 0 fully saturated rings. The highest BCUT2D eigenvalue weighted by Gasteiger charge is 2.23. The Hall–Kier alpha value is -2.14. The molecule has 0 bridgehead atoms. The van der Waals surface area contributed by atoms with Gasteiger partial charge in [0.25, 0.3) is 0 Å². The van der Waals surface area contributed by atoms with Crippen molar-refractivity contribution in [3.05, 3.63) is 47.7 Å². The Bertz CT molecular complexity index is 617. The van der Waals surface area contributed by atoms with Gasteiger partial charge >= 0.3 is 0 Å². The SMILES string of the molecule is C[C@@H]1Cc2ccccc2CN1c1ccnc(NCCO)n1. The van der Waals surface area contributed by atoms with Crippen LogP contribution in [-0.4, -0.2) is 34.3 Å². The van der Waals surface area contributed by atoms with E-state index in [2.05, 4.69) is 51.4 Å². The quantitative estimate of drug-likeness (QED) is 0.897. The Morgan fingerprint density at radius 2 is 2.10 bits per heavy atom. The second kappa shape index (κ2) is 6.10. The molecule has 1 aliphatic heterocycles. The van der Waals surface area contributed by atoms with Crippen molar-refractivity contribution in [3.63, 3.8) is 0 Å². The van der Waals surface area contributed by atoms with Gasteiger partial charge in [-0.25, -0.2) is 4.98 Å². The average molecular weight is 284 g/mol. The fourth-order valence-corrected chi connectivity index (χ4v) is 2.75. The van der Waals surface area contributed by atoms with Crippen molar-refractivity contribution in [2.45, 2.75) is 25.9 Å². The number of anilines is 2. The van der Waals surface area contributed by atoms with E-state index >= 15 is 0 Å². The summed E-state index contributed by atoms with van der Waals surface area (Å²) in [6, 6.07) is 10.9. The predicted molar refractivity (Wildman–Crippen MR) is 83.4 cm³/mol. The number of fused-ring (bicyclic) bond motifs is 1. The van der Waals surface area contributed by atoms with Crippen molar-refractivity contribution >= 4 is 11.8 Å². The lowest BCUT2D eigenvalue weighted by atomic mass is 9.95. The molecule has 5 heteroatoms. The van der Waals surface area contributed by atoms with Crippen LogP contribution in [0.3, 0.4) is 0 Å². The van der Waals surface area contributed by atoms with Crippen LogP contribution in [0.4, 0.5) is 11.8 Å².